The highest BCUT2D eigenvalue weighted by atomic mass is 16.5. The van der Waals surface area contributed by atoms with Gasteiger partial charge in [-0.15, -0.1) is 0 Å². The van der Waals surface area contributed by atoms with Crippen molar-refractivity contribution in [1.29, 1.82) is 0 Å². The highest BCUT2D eigenvalue weighted by molar-refractivity contribution is 5.94. The molecular weight excluding hydrogens is 488 g/mol. The maximum atomic E-state index is 12.7. The fourth-order valence-electron chi connectivity index (χ4n) is 2.96. The summed E-state index contributed by atoms with van der Waals surface area (Å²) < 4.78 is 4.67. The molecule has 0 saturated carbocycles. The average molecular weight is 523 g/mol. The van der Waals surface area contributed by atoms with Crippen LogP contribution in [0, 0.1) is 0 Å². The van der Waals surface area contributed by atoms with Crippen molar-refractivity contribution >= 4 is 35.5 Å². The van der Waals surface area contributed by atoms with Gasteiger partial charge in [0.2, 0.25) is 29.5 Å². The van der Waals surface area contributed by atoms with E-state index in [1.807, 2.05) is 0 Å². The number of hydrogen-bond donors (Lipinski definition) is 7. The van der Waals surface area contributed by atoms with Crippen LogP contribution in [0.1, 0.15) is 32.3 Å². The van der Waals surface area contributed by atoms with Gasteiger partial charge >= 0.3 is 5.97 Å². The van der Waals surface area contributed by atoms with Crippen molar-refractivity contribution in [3.63, 3.8) is 0 Å². The number of rotatable bonds is 15. The van der Waals surface area contributed by atoms with E-state index in [1.165, 1.54) is 19.1 Å². The summed E-state index contributed by atoms with van der Waals surface area (Å²) in [5.41, 5.74) is 11.8. The molecule has 0 spiro atoms. The lowest BCUT2D eigenvalue weighted by molar-refractivity contribution is -0.143. The van der Waals surface area contributed by atoms with Gasteiger partial charge in [0.15, 0.2) is 0 Å². The minimum absolute atomic E-state index is 0.0559. The number of phenolic OH excluding ortho intramolecular Hbond substituents is 1. The van der Waals surface area contributed by atoms with Crippen molar-refractivity contribution in [3.05, 3.63) is 29.8 Å². The van der Waals surface area contributed by atoms with E-state index in [0.717, 1.165) is 0 Å². The van der Waals surface area contributed by atoms with Gasteiger partial charge in [0, 0.05) is 6.42 Å². The second-order valence-electron chi connectivity index (χ2n) is 8.07. The second-order valence-corrected chi connectivity index (χ2v) is 8.07. The maximum absolute atomic E-state index is 12.7. The van der Waals surface area contributed by atoms with Crippen LogP contribution >= 0.6 is 0 Å². The van der Waals surface area contributed by atoms with Gasteiger partial charge in [0.25, 0.3) is 0 Å². The third-order valence-electron chi connectivity index (χ3n) is 4.95. The summed E-state index contributed by atoms with van der Waals surface area (Å²) in [4.78, 5) is 71.8. The molecule has 0 aliphatic heterocycles. The molecule has 0 unspecified atom stereocenters. The Morgan fingerprint density at radius 1 is 0.946 bits per heavy atom. The van der Waals surface area contributed by atoms with Crippen molar-refractivity contribution in [2.24, 2.45) is 11.5 Å². The Morgan fingerprint density at radius 3 is 2.19 bits per heavy atom. The van der Waals surface area contributed by atoms with Gasteiger partial charge in [-0.25, -0.2) is 0 Å². The Morgan fingerprint density at radius 2 is 1.59 bits per heavy atom. The number of ether oxygens (including phenoxy) is 1. The minimum atomic E-state index is -1.21. The first kappa shape index (κ1) is 30.8. The summed E-state index contributed by atoms with van der Waals surface area (Å²) in [5, 5.41) is 18.8. The van der Waals surface area contributed by atoms with Crippen LogP contribution in [0.15, 0.2) is 24.3 Å². The van der Waals surface area contributed by atoms with Crippen LogP contribution < -0.4 is 32.7 Å². The van der Waals surface area contributed by atoms with Crippen LogP contribution in [-0.4, -0.2) is 78.4 Å². The van der Waals surface area contributed by atoms with Gasteiger partial charge in [-0.3, -0.25) is 28.8 Å². The summed E-state index contributed by atoms with van der Waals surface area (Å²) in [6.45, 7) is 2.32. The number of phenols is 1. The Hall–Kier alpha value is -4.20. The number of amides is 5. The molecule has 3 atom stereocenters. The fourth-order valence-corrected chi connectivity index (χ4v) is 2.96. The molecule has 1 aromatic carbocycles. The molecule has 0 aromatic heterocycles. The standard InChI is InChI=1S/C23H34N6O8/c1-3-37-20(33)12-26-19(32)11-27-21(34)13(2)28-23(36)17(8-9-18(25)31)29-22(35)16(24)10-14-4-6-15(30)7-5-14/h4-7,13,16-17,30H,3,8-12,24H2,1-2H3,(H2,25,31)(H,26,32)(H,27,34)(H,28,36)(H,29,35)/t13-,16-,17-/m0/s1. The molecule has 14 heteroatoms. The number of primary amides is 1. The predicted octanol–water partition coefficient (Wildman–Crippen LogP) is -2.69. The first-order valence-corrected chi connectivity index (χ1v) is 11.6. The molecule has 1 rings (SSSR count). The molecule has 0 saturated heterocycles. The molecule has 0 fully saturated rings. The van der Waals surface area contributed by atoms with Crippen LogP contribution in [0.2, 0.25) is 0 Å². The smallest absolute Gasteiger partial charge is 0.325 e. The number of carbonyl (C=O) groups excluding carboxylic acids is 6. The number of benzene rings is 1. The van der Waals surface area contributed by atoms with Gasteiger partial charge in [0.05, 0.1) is 19.2 Å². The summed E-state index contributed by atoms with van der Waals surface area (Å²) >= 11 is 0. The number of nitrogens with one attached hydrogen (secondary N) is 4. The lowest BCUT2D eigenvalue weighted by Crippen LogP contribution is -2.56. The summed E-state index contributed by atoms with van der Waals surface area (Å²) in [5.74, 6) is -4.05. The van der Waals surface area contributed by atoms with Crippen LogP contribution in [0.4, 0.5) is 0 Å². The lowest BCUT2D eigenvalue weighted by atomic mass is 10.0. The minimum Gasteiger partial charge on any atom is -0.508 e. The van der Waals surface area contributed by atoms with Crippen molar-refractivity contribution in [1.82, 2.24) is 21.3 Å². The Balaban J connectivity index is 2.65. The van der Waals surface area contributed by atoms with Crippen LogP contribution in [0.25, 0.3) is 0 Å². The predicted molar refractivity (Wildman–Crippen MR) is 130 cm³/mol. The molecule has 0 heterocycles. The van der Waals surface area contributed by atoms with Crippen molar-refractivity contribution < 1.29 is 38.6 Å². The summed E-state index contributed by atoms with van der Waals surface area (Å²) in [6.07, 6.45) is -0.233. The molecule has 204 valence electrons. The monoisotopic (exact) mass is 522 g/mol. The lowest BCUT2D eigenvalue weighted by Gasteiger charge is -2.22. The van der Waals surface area contributed by atoms with Gasteiger partial charge in [-0.05, 0) is 44.4 Å². The fraction of sp³-hybridized carbons (Fsp3) is 0.478. The first-order valence-electron chi connectivity index (χ1n) is 11.6. The molecule has 0 aliphatic rings. The zero-order chi connectivity index (χ0) is 28.0. The molecule has 37 heavy (non-hydrogen) atoms. The number of carbonyl (C=O) groups is 6. The number of nitrogens with two attached hydrogens (primary N) is 2. The van der Waals surface area contributed by atoms with Crippen LogP contribution in [0.5, 0.6) is 5.75 Å². The van der Waals surface area contributed by atoms with Gasteiger partial charge < -0.3 is 42.6 Å². The SMILES string of the molecule is CCOC(=O)CNC(=O)CNC(=O)[C@H](C)NC(=O)[C@H](CCC(N)=O)NC(=O)[C@@H](N)Cc1ccc(O)cc1. The number of aromatic hydroxyl groups is 1. The molecule has 1 aromatic rings. The molecule has 9 N–H and O–H groups in total. The normalized spacial score (nSPS) is 12.8. The Bertz CT molecular complexity index is 968. The summed E-state index contributed by atoms with van der Waals surface area (Å²) in [6, 6.07) is 2.72. The zero-order valence-electron chi connectivity index (χ0n) is 20.7. The summed E-state index contributed by atoms with van der Waals surface area (Å²) in [7, 11) is 0. The van der Waals surface area contributed by atoms with Crippen LogP contribution in [0.3, 0.4) is 0 Å². The highest BCUT2D eigenvalue weighted by Crippen LogP contribution is 2.11. The first-order chi connectivity index (χ1) is 17.4. The molecule has 5 amide bonds. The van der Waals surface area contributed by atoms with Crippen LogP contribution in [-0.2, 0) is 39.9 Å². The number of hydrogen-bond acceptors (Lipinski definition) is 9. The third kappa shape index (κ3) is 12.4. The van der Waals surface area contributed by atoms with E-state index in [1.54, 1.807) is 19.1 Å². The largest absolute Gasteiger partial charge is 0.508 e. The maximum Gasteiger partial charge on any atom is 0.325 e. The van der Waals surface area contributed by atoms with E-state index in [9.17, 15) is 33.9 Å². The molecule has 0 radical (unpaired) electrons. The molecule has 0 aliphatic carbocycles. The average Bonchev–Trinajstić information content (AvgIpc) is 2.84. The Labute approximate surface area is 213 Å². The van der Waals surface area contributed by atoms with E-state index in [-0.39, 0.29) is 38.2 Å². The van der Waals surface area contributed by atoms with Crippen molar-refractivity contribution in [3.8, 4) is 5.75 Å². The molecule has 14 nitrogen and oxygen atoms in total. The van der Waals surface area contributed by atoms with Crippen molar-refractivity contribution in [2.75, 3.05) is 19.7 Å². The Kier molecular flexibility index (Phi) is 13.1. The number of esters is 1. The molecular formula is C23H34N6O8. The second kappa shape index (κ2) is 15.7. The van der Waals surface area contributed by atoms with Crippen molar-refractivity contribution in [2.45, 2.75) is 51.2 Å². The highest BCUT2D eigenvalue weighted by Gasteiger charge is 2.27. The van der Waals surface area contributed by atoms with E-state index >= 15 is 0 Å². The zero-order valence-corrected chi connectivity index (χ0v) is 20.7. The van der Waals surface area contributed by atoms with E-state index in [2.05, 4.69) is 26.0 Å². The van der Waals surface area contributed by atoms with Gasteiger partial charge in [-0.1, -0.05) is 12.1 Å². The van der Waals surface area contributed by atoms with E-state index in [4.69, 9.17) is 11.5 Å². The van der Waals surface area contributed by atoms with E-state index in [0.29, 0.717) is 5.56 Å². The van der Waals surface area contributed by atoms with Gasteiger partial charge in [0.1, 0.15) is 24.4 Å². The van der Waals surface area contributed by atoms with E-state index < -0.39 is 60.2 Å². The molecule has 0 bridgehead atoms. The topological polar surface area (TPSA) is 232 Å². The van der Waals surface area contributed by atoms with Gasteiger partial charge in [-0.2, -0.15) is 0 Å². The quantitative estimate of drug-likeness (QED) is 0.119. The third-order valence-corrected chi connectivity index (χ3v) is 4.95.